The molecule has 192 valence electrons. The van der Waals surface area contributed by atoms with Gasteiger partial charge in [0.05, 0.1) is 35.4 Å². The molecule has 0 unspecified atom stereocenters. The summed E-state index contributed by atoms with van der Waals surface area (Å²) in [7, 11) is 1.45. The van der Waals surface area contributed by atoms with Crippen LogP contribution in [-0.4, -0.2) is 61.3 Å². The first-order valence-electron chi connectivity index (χ1n) is 10.1. The maximum atomic E-state index is 9.22. The third-order valence-electron chi connectivity index (χ3n) is 4.64. The van der Waals surface area contributed by atoms with Crippen LogP contribution in [0.3, 0.4) is 0 Å². The van der Waals surface area contributed by atoms with Crippen LogP contribution in [0.1, 0.15) is 11.3 Å². The number of nitrogens with zero attached hydrogens (tertiary/aromatic N) is 2. The highest BCUT2D eigenvalue weighted by Crippen LogP contribution is 2.18. The van der Waals surface area contributed by atoms with Crippen molar-refractivity contribution in [3.8, 4) is 0 Å². The van der Waals surface area contributed by atoms with E-state index in [0.717, 1.165) is 18.7 Å². The highest BCUT2D eigenvalue weighted by Gasteiger charge is 2.11. The lowest BCUT2D eigenvalue weighted by molar-refractivity contribution is -0.646. The average Bonchev–Trinajstić information content (AvgIpc) is 2.78. The minimum absolute atomic E-state index is 0.808. The maximum Gasteiger partial charge on any atom is 0.217 e. The van der Waals surface area contributed by atoms with Crippen LogP contribution in [0, 0.1) is 0 Å². The summed E-state index contributed by atoms with van der Waals surface area (Å²) < 4.78 is 65.1. The van der Waals surface area contributed by atoms with Crippen molar-refractivity contribution < 1.29 is 38.9 Å². The monoisotopic (exact) mass is 526 g/mol. The van der Waals surface area contributed by atoms with Gasteiger partial charge in [0, 0.05) is 23.6 Å². The van der Waals surface area contributed by atoms with Gasteiger partial charge in [-0.3, -0.25) is 12.8 Å². The number of rotatable bonds is 5. The summed E-state index contributed by atoms with van der Waals surface area (Å²) in [5.41, 5.74) is 4.96. The van der Waals surface area contributed by atoms with Crippen LogP contribution in [0.5, 0.6) is 0 Å². The summed E-state index contributed by atoms with van der Waals surface area (Å²) >= 11 is 0. The van der Waals surface area contributed by atoms with E-state index in [9.17, 15) is 25.9 Å². The second kappa shape index (κ2) is 12.8. The summed E-state index contributed by atoms with van der Waals surface area (Å²) in [4.78, 5) is 0. The van der Waals surface area contributed by atoms with E-state index in [-0.39, 0.29) is 0 Å². The van der Waals surface area contributed by atoms with Crippen LogP contribution in [-0.2, 0) is 36.2 Å². The van der Waals surface area contributed by atoms with E-state index in [1.54, 1.807) is 0 Å². The minimum Gasteiger partial charge on any atom is -0.726 e. The molecule has 10 nitrogen and oxygen atoms in total. The molecule has 35 heavy (non-hydrogen) atoms. The van der Waals surface area contributed by atoms with Gasteiger partial charge in [-0.1, -0.05) is 12.1 Å². The van der Waals surface area contributed by atoms with Crippen LogP contribution in [0.4, 0.5) is 5.69 Å². The molecule has 0 amide bonds. The van der Waals surface area contributed by atoms with Crippen molar-refractivity contribution in [1.29, 1.82) is 0 Å². The molecule has 0 saturated heterocycles. The lowest BCUT2D eigenvalue weighted by Crippen LogP contribution is -2.34. The Morgan fingerprint density at radius 2 is 1.26 bits per heavy atom. The number of benzene rings is 2. The Kier molecular flexibility index (Phi) is 11.1. The van der Waals surface area contributed by atoms with Gasteiger partial charge in [-0.05, 0) is 48.0 Å². The molecular weight excluding hydrogens is 496 g/mol. The Bertz CT molecular complexity index is 1310. The molecule has 0 aliphatic heterocycles. The zero-order valence-electron chi connectivity index (χ0n) is 20.4. The lowest BCUT2D eigenvalue weighted by atomic mass is 10.1. The van der Waals surface area contributed by atoms with Crippen molar-refractivity contribution in [1.82, 2.24) is 4.48 Å². The average molecular weight is 527 g/mol. The summed E-state index contributed by atoms with van der Waals surface area (Å²) in [6.07, 6.45) is 4.34. The van der Waals surface area contributed by atoms with Crippen molar-refractivity contribution in [2.45, 2.75) is 0 Å². The number of pyridine rings is 1. The predicted octanol–water partition coefficient (Wildman–Crippen LogP) is 2.22. The van der Waals surface area contributed by atoms with E-state index < -0.39 is 20.8 Å². The highest BCUT2D eigenvalue weighted by atomic mass is 32.3. The summed E-state index contributed by atoms with van der Waals surface area (Å²) in [6, 6.07) is 21.5. The number of quaternary nitrogens is 1. The Labute approximate surface area is 207 Å². The second-order valence-electron chi connectivity index (χ2n) is 7.96. The van der Waals surface area contributed by atoms with Gasteiger partial charge in [0.15, 0.2) is 0 Å². The molecular formula is C23H30N2O8S2. The number of hydrogen-bond acceptors (Lipinski definition) is 8. The summed E-state index contributed by atoms with van der Waals surface area (Å²) in [5, 5.41) is 1.26. The first-order valence-corrected chi connectivity index (χ1v) is 12.7. The Morgan fingerprint density at radius 1 is 0.771 bits per heavy atom. The van der Waals surface area contributed by atoms with E-state index in [2.05, 4.69) is 114 Å². The number of aryl methyl sites for hydroxylation is 1. The molecule has 0 aliphatic carbocycles. The SMILES string of the molecule is COS(=O)(=O)[O-].COS(=O)(=O)[O-].C[n+]1c(C=Cc2ccc([N+](C)(C)C)cc2)ccc2ccccc21. The molecule has 1 heterocycles. The first kappa shape index (κ1) is 30.3. The number of fused-ring (bicyclic) bond motifs is 1. The van der Waals surface area contributed by atoms with Crippen molar-refractivity contribution >= 4 is 49.5 Å². The maximum absolute atomic E-state index is 9.22. The predicted molar refractivity (Wildman–Crippen MR) is 133 cm³/mol. The van der Waals surface area contributed by atoms with E-state index in [0.29, 0.717) is 0 Å². The van der Waals surface area contributed by atoms with E-state index in [4.69, 9.17) is 0 Å². The van der Waals surface area contributed by atoms with Crippen molar-refractivity contribution in [3.05, 3.63) is 71.9 Å². The van der Waals surface area contributed by atoms with Gasteiger partial charge in [-0.15, -0.1) is 0 Å². The molecule has 0 fully saturated rings. The van der Waals surface area contributed by atoms with Crippen LogP contribution in [0.2, 0.25) is 0 Å². The molecule has 12 heteroatoms. The molecule has 0 N–H and O–H groups in total. The zero-order valence-corrected chi connectivity index (χ0v) is 22.0. The standard InChI is InChI=1S/C21H24N2.2CH4O4S/c1-22-19(14-12-18-7-5-6-8-21(18)22)13-9-17-10-15-20(16-11-17)23(2,3)4;2*1-5-6(2,3)4/h5-16H,1-4H3;2*1H3,(H,2,3,4)/q+2;;/p-2. The molecule has 1 aromatic heterocycles. The van der Waals surface area contributed by atoms with E-state index in [1.807, 2.05) is 0 Å². The zero-order chi connectivity index (χ0) is 26.9. The third kappa shape index (κ3) is 11.5. The Hall–Kier alpha value is -2.71. The topological polar surface area (TPSA) is 137 Å². The largest absolute Gasteiger partial charge is 0.726 e. The lowest BCUT2D eigenvalue weighted by Gasteiger charge is -2.23. The highest BCUT2D eigenvalue weighted by molar-refractivity contribution is 7.81. The van der Waals surface area contributed by atoms with Gasteiger partial charge in [-0.25, -0.2) is 16.8 Å². The molecule has 3 aromatic rings. The fourth-order valence-electron chi connectivity index (χ4n) is 2.74. The molecule has 0 bridgehead atoms. The van der Waals surface area contributed by atoms with Crippen LogP contribution >= 0.6 is 0 Å². The number of aromatic nitrogens is 1. The fraction of sp³-hybridized carbons (Fsp3) is 0.261. The van der Waals surface area contributed by atoms with E-state index >= 15 is 0 Å². The molecule has 2 aromatic carbocycles. The van der Waals surface area contributed by atoms with Gasteiger partial charge in [0.2, 0.25) is 32.0 Å². The van der Waals surface area contributed by atoms with Crippen LogP contribution in [0.25, 0.3) is 23.1 Å². The Balaban J connectivity index is 0.000000425. The van der Waals surface area contributed by atoms with E-state index in [1.165, 1.54) is 27.8 Å². The van der Waals surface area contributed by atoms with Crippen LogP contribution < -0.4 is 9.05 Å². The molecule has 3 rings (SSSR count). The summed E-state index contributed by atoms with van der Waals surface area (Å²) in [5.74, 6) is 0. The van der Waals surface area contributed by atoms with Gasteiger partial charge in [-0.2, -0.15) is 4.57 Å². The fourth-order valence-corrected chi connectivity index (χ4v) is 2.74. The molecule has 0 radical (unpaired) electrons. The number of para-hydroxylation sites is 1. The number of hydrogen-bond donors (Lipinski definition) is 0. The third-order valence-corrected chi connectivity index (χ3v) is 5.46. The molecule has 0 atom stereocenters. The Morgan fingerprint density at radius 3 is 1.71 bits per heavy atom. The van der Waals surface area contributed by atoms with Gasteiger partial charge >= 0.3 is 0 Å². The quantitative estimate of drug-likeness (QED) is 0.214. The smallest absolute Gasteiger partial charge is 0.217 e. The molecule has 0 aliphatic rings. The summed E-state index contributed by atoms with van der Waals surface area (Å²) in [6.45, 7) is 0. The van der Waals surface area contributed by atoms with Gasteiger partial charge < -0.3 is 9.11 Å². The van der Waals surface area contributed by atoms with Crippen molar-refractivity contribution in [2.24, 2.45) is 7.05 Å². The van der Waals surface area contributed by atoms with Crippen molar-refractivity contribution in [3.63, 3.8) is 0 Å². The molecule has 0 spiro atoms. The normalized spacial score (nSPS) is 12.0. The second-order valence-corrected chi connectivity index (χ2v) is 10.3. The first-order chi connectivity index (χ1) is 16.1. The van der Waals surface area contributed by atoms with Crippen molar-refractivity contribution in [2.75, 3.05) is 35.4 Å². The van der Waals surface area contributed by atoms with Gasteiger partial charge in [0.1, 0.15) is 12.7 Å². The van der Waals surface area contributed by atoms with Gasteiger partial charge in [0.25, 0.3) is 0 Å². The molecule has 0 saturated carbocycles. The minimum atomic E-state index is -4.41. The van der Waals surface area contributed by atoms with Crippen LogP contribution in [0.15, 0.2) is 60.7 Å².